The van der Waals surface area contributed by atoms with Crippen LogP contribution in [0.5, 0.6) is 0 Å². The fourth-order valence-electron chi connectivity index (χ4n) is 4.64. The molecule has 1 aliphatic heterocycles. The highest BCUT2D eigenvalue weighted by atomic mass is 32.1. The van der Waals surface area contributed by atoms with Crippen molar-refractivity contribution in [3.63, 3.8) is 0 Å². The number of hydrogen-bond acceptors (Lipinski definition) is 7. The highest BCUT2D eigenvalue weighted by Crippen LogP contribution is 2.30. The molecule has 7 nitrogen and oxygen atoms in total. The van der Waals surface area contributed by atoms with Crippen LogP contribution in [-0.2, 0) is 30.6 Å². The Morgan fingerprint density at radius 1 is 1.24 bits per heavy atom. The van der Waals surface area contributed by atoms with Gasteiger partial charge >= 0.3 is 6.18 Å². The molecule has 2 aliphatic rings. The van der Waals surface area contributed by atoms with Crippen LogP contribution in [0, 0.1) is 12.8 Å². The Morgan fingerprint density at radius 2 is 2.03 bits per heavy atom. The van der Waals surface area contributed by atoms with Crippen molar-refractivity contribution in [1.29, 1.82) is 0 Å². The van der Waals surface area contributed by atoms with Gasteiger partial charge in [-0.25, -0.2) is 4.98 Å². The van der Waals surface area contributed by atoms with Gasteiger partial charge in [-0.15, -0.1) is 21.5 Å². The summed E-state index contributed by atoms with van der Waals surface area (Å²) in [6.07, 6.45) is 1.25. The van der Waals surface area contributed by atoms with E-state index in [1.54, 1.807) is 6.92 Å². The molecule has 2 aromatic rings. The summed E-state index contributed by atoms with van der Waals surface area (Å²) in [5.74, 6) is 1.36. The Labute approximate surface area is 195 Å². The molecular formula is C22H30F3N5O2S. The van der Waals surface area contributed by atoms with Crippen LogP contribution in [0.25, 0.3) is 0 Å². The number of nitrogens with one attached hydrogen (secondary N) is 1. The Morgan fingerprint density at radius 3 is 2.73 bits per heavy atom. The third kappa shape index (κ3) is 7.23. The molecular weight excluding hydrogens is 455 g/mol. The van der Waals surface area contributed by atoms with Gasteiger partial charge in [0.2, 0.25) is 17.7 Å². The van der Waals surface area contributed by atoms with Crippen LogP contribution in [0.1, 0.15) is 65.9 Å². The molecule has 33 heavy (non-hydrogen) atoms. The summed E-state index contributed by atoms with van der Waals surface area (Å²) in [4.78, 5) is 20.2. The lowest BCUT2D eigenvalue weighted by Gasteiger charge is -2.32. The molecule has 0 radical (unpaired) electrons. The molecule has 0 unspecified atom stereocenters. The van der Waals surface area contributed by atoms with Gasteiger partial charge in [0.15, 0.2) is 0 Å². The molecule has 0 aromatic carbocycles. The van der Waals surface area contributed by atoms with Crippen LogP contribution >= 0.6 is 11.3 Å². The van der Waals surface area contributed by atoms with E-state index in [-0.39, 0.29) is 24.8 Å². The standard InChI is InChI=1S/C22H30F3N5O2S/c1-14-28-29-20(32-14)12-19(31)26-16-4-2-15(3-5-16)7-10-30-11-8-18-17(13-30)27-21(33-18)6-9-22(23,24)25/h15-16H,2-13H2,1H3,(H,26,31)/t15-,16-. The largest absolute Gasteiger partial charge is 0.425 e. The average Bonchev–Trinajstić information content (AvgIpc) is 3.36. The summed E-state index contributed by atoms with van der Waals surface area (Å²) in [7, 11) is 0. The highest BCUT2D eigenvalue weighted by molar-refractivity contribution is 7.11. The number of fused-ring (bicyclic) bond motifs is 1. The minimum atomic E-state index is -4.13. The first-order valence-corrected chi connectivity index (χ1v) is 12.4. The maximum atomic E-state index is 12.5. The van der Waals surface area contributed by atoms with E-state index in [0.717, 1.165) is 68.7 Å². The lowest BCUT2D eigenvalue weighted by molar-refractivity contribution is -0.134. The van der Waals surface area contributed by atoms with E-state index in [1.807, 2.05) is 0 Å². The van der Waals surface area contributed by atoms with Crippen molar-refractivity contribution in [2.45, 2.75) is 83.5 Å². The zero-order chi connectivity index (χ0) is 23.4. The quantitative estimate of drug-likeness (QED) is 0.609. The number of nitrogens with zero attached hydrogens (tertiary/aromatic N) is 4. The van der Waals surface area contributed by atoms with Gasteiger partial charge in [-0.2, -0.15) is 13.2 Å². The third-order valence-electron chi connectivity index (χ3n) is 6.42. The first kappa shape index (κ1) is 24.1. The second-order valence-electron chi connectivity index (χ2n) is 9.08. The molecule has 2 aromatic heterocycles. The molecule has 1 saturated carbocycles. The predicted octanol–water partition coefficient (Wildman–Crippen LogP) is 4.00. The van der Waals surface area contributed by atoms with Crippen LogP contribution < -0.4 is 5.32 Å². The lowest BCUT2D eigenvalue weighted by atomic mass is 9.84. The Balaban J connectivity index is 1.15. The first-order chi connectivity index (χ1) is 15.7. The minimum Gasteiger partial charge on any atom is -0.425 e. The molecule has 0 atom stereocenters. The third-order valence-corrected chi connectivity index (χ3v) is 7.64. The van der Waals surface area contributed by atoms with Crippen molar-refractivity contribution in [3.8, 4) is 0 Å². The van der Waals surface area contributed by atoms with E-state index in [1.165, 1.54) is 11.3 Å². The van der Waals surface area contributed by atoms with Crippen LogP contribution in [0.2, 0.25) is 0 Å². The molecule has 182 valence electrons. The maximum absolute atomic E-state index is 12.5. The molecule has 3 heterocycles. The van der Waals surface area contributed by atoms with Gasteiger partial charge in [-0.1, -0.05) is 0 Å². The van der Waals surface area contributed by atoms with Gasteiger partial charge in [0.25, 0.3) is 0 Å². The number of hydrogen-bond donors (Lipinski definition) is 1. The van der Waals surface area contributed by atoms with Crippen molar-refractivity contribution in [3.05, 3.63) is 27.4 Å². The molecule has 0 bridgehead atoms. The average molecular weight is 486 g/mol. The molecule has 4 rings (SSSR count). The van der Waals surface area contributed by atoms with E-state index >= 15 is 0 Å². The highest BCUT2D eigenvalue weighted by Gasteiger charge is 2.29. The van der Waals surface area contributed by atoms with Crippen molar-refractivity contribution >= 4 is 17.2 Å². The second-order valence-corrected chi connectivity index (χ2v) is 10.3. The molecule has 1 fully saturated rings. The van der Waals surface area contributed by atoms with Crippen molar-refractivity contribution < 1.29 is 22.4 Å². The summed E-state index contributed by atoms with van der Waals surface area (Å²) >= 11 is 1.45. The number of aromatic nitrogens is 3. The summed E-state index contributed by atoms with van der Waals surface area (Å²) in [6, 6.07) is 0.195. The summed E-state index contributed by atoms with van der Waals surface area (Å²) < 4.78 is 42.7. The Kier molecular flexibility index (Phi) is 7.68. The molecule has 0 saturated heterocycles. The minimum absolute atomic E-state index is 0.0184. The maximum Gasteiger partial charge on any atom is 0.389 e. The van der Waals surface area contributed by atoms with E-state index in [2.05, 4.69) is 25.4 Å². The number of alkyl halides is 3. The van der Waals surface area contributed by atoms with Crippen LogP contribution in [0.4, 0.5) is 13.2 Å². The number of rotatable bonds is 8. The van der Waals surface area contributed by atoms with Crippen molar-refractivity contribution in [2.75, 3.05) is 13.1 Å². The van der Waals surface area contributed by atoms with Crippen molar-refractivity contribution in [2.24, 2.45) is 5.92 Å². The topological polar surface area (TPSA) is 84.2 Å². The number of thiazole rings is 1. The zero-order valence-electron chi connectivity index (χ0n) is 18.8. The molecule has 0 spiro atoms. The van der Waals surface area contributed by atoms with E-state index in [0.29, 0.717) is 22.7 Å². The van der Waals surface area contributed by atoms with Crippen molar-refractivity contribution in [1.82, 2.24) is 25.4 Å². The van der Waals surface area contributed by atoms with Gasteiger partial charge in [-0.3, -0.25) is 9.69 Å². The summed E-state index contributed by atoms with van der Waals surface area (Å²) in [5, 5.41) is 11.3. The van der Waals surface area contributed by atoms with E-state index in [4.69, 9.17) is 4.42 Å². The molecule has 1 N–H and O–H groups in total. The number of carbonyl (C=O) groups is 1. The lowest BCUT2D eigenvalue weighted by Crippen LogP contribution is -2.39. The zero-order valence-corrected chi connectivity index (χ0v) is 19.6. The van der Waals surface area contributed by atoms with Gasteiger partial charge in [0.1, 0.15) is 6.42 Å². The number of carbonyl (C=O) groups excluding carboxylic acids is 1. The van der Waals surface area contributed by atoms with Gasteiger partial charge in [-0.05, 0) is 51.0 Å². The van der Waals surface area contributed by atoms with Gasteiger partial charge < -0.3 is 9.73 Å². The van der Waals surface area contributed by atoms with E-state index in [9.17, 15) is 18.0 Å². The smallest absolute Gasteiger partial charge is 0.389 e. The normalized spacial score (nSPS) is 21.7. The van der Waals surface area contributed by atoms with Gasteiger partial charge in [0.05, 0.1) is 10.7 Å². The molecule has 11 heteroatoms. The number of halogens is 3. The molecule has 1 aliphatic carbocycles. The molecule has 1 amide bonds. The SMILES string of the molecule is Cc1nnc(CC(=O)N[C@H]2CC[C@H](CCN3CCc4sc(CCC(F)(F)F)nc4C3)CC2)o1. The summed E-state index contributed by atoms with van der Waals surface area (Å²) in [5.41, 5.74) is 0.964. The Hall–Kier alpha value is -2.01. The predicted molar refractivity (Wildman–Crippen MR) is 117 cm³/mol. The van der Waals surface area contributed by atoms with Crippen LogP contribution in [-0.4, -0.2) is 51.3 Å². The number of aryl methyl sites for hydroxylation is 2. The fourth-order valence-corrected chi connectivity index (χ4v) is 5.70. The van der Waals surface area contributed by atoms with Gasteiger partial charge in [0, 0.05) is 43.8 Å². The van der Waals surface area contributed by atoms with E-state index < -0.39 is 12.6 Å². The number of amides is 1. The fraction of sp³-hybridized carbons (Fsp3) is 0.727. The Bertz CT molecular complexity index is 937. The monoisotopic (exact) mass is 485 g/mol. The van der Waals surface area contributed by atoms with Crippen LogP contribution in [0.3, 0.4) is 0 Å². The first-order valence-electron chi connectivity index (χ1n) is 11.6. The van der Waals surface area contributed by atoms with Crippen LogP contribution in [0.15, 0.2) is 4.42 Å². The second kappa shape index (κ2) is 10.5. The summed E-state index contributed by atoms with van der Waals surface area (Å²) in [6.45, 7) is 4.35.